The second kappa shape index (κ2) is 9.21. The number of hydrogen-bond acceptors (Lipinski definition) is 2. The summed E-state index contributed by atoms with van der Waals surface area (Å²) < 4.78 is 52.3. The van der Waals surface area contributed by atoms with Gasteiger partial charge in [0, 0.05) is 17.7 Å². The molecular formula is C25H22F4N2O2. The van der Waals surface area contributed by atoms with E-state index in [0.29, 0.717) is 24.6 Å². The third-order valence-electron chi connectivity index (χ3n) is 6.06. The van der Waals surface area contributed by atoms with E-state index in [1.807, 2.05) is 30.3 Å². The Balaban J connectivity index is 1.43. The SMILES string of the molecule is O=C(Nc1ccc(C(F)(F)F)cc1F)C1CCCC(c2ccc(-c3cccc(=O)[nH]3)cc2)C1. The lowest BCUT2D eigenvalue weighted by Gasteiger charge is -2.29. The normalized spacial score (nSPS) is 18.7. The molecule has 2 atom stereocenters. The fraction of sp³-hybridized carbons (Fsp3) is 0.280. The van der Waals surface area contributed by atoms with Crippen molar-refractivity contribution >= 4 is 11.6 Å². The lowest BCUT2D eigenvalue weighted by molar-refractivity contribution is -0.137. The first-order chi connectivity index (χ1) is 15.7. The molecule has 1 aliphatic carbocycles. The number of aromatic amines is 1. The summed E-state index contributed by atoms with van der Waals surface area (Å²) in [7, 11) is 0. The summed E-state index contributed by atoms with van der Waals surface area (Å²) in [5.41, 5.74) is 1.13. The van der Waals surface area contributed by atoms with Gasteiger partial charge in [-0.2, -0.15) is 13.2 Å². The molecule has 0 aliphatic heterocycles. The number of pyridine rings is 1. The quantitative estimate of drug-likeness (QED) is 0.463. The van der Waals surface area contributed by atoms with E-state index in [4.69, 9.17) is 0 Å². The van der Waals surface area contributed by atoms with E-state index in [-0.39, 0.29) is 23.1 Å². The van der Waals surface area contributed by atoms with Crippen molar-refractivity contribution < 1.29 is 22.4 Å². The molecule has 1 fully saturated rings. The number of rotatable bonds is 4. The van der Waals surface area contributed by atoms with E-state index in [0.717, 1.165) is 36.1 Å². The van der Waals surface area contributed by atoms with Gasteiger partial charge < -0.3 is 10.3 Å². The molecule has 8 heteroatoms. The lowest BCUT2D eigenvalue weighted by Crippen LogP contribution is -2.28. The molecule has 2 aromatic carbocycles. The van der Waals surface area contributed by atoms with Crippen molar-refractivity contribution in [3.05, 3.63) is 88.0 Å². The van der Waals surface area contributed by atoms with E-state index in [1.165, 1.54) is 6.07 Å². The number of aromatic nitrogens is 1. The van der Waals surface area contributed by atoms with Crippen LogP contribution in [0.3, 0.4) is 0 Å². The second-order valence-electron chi connectivity index (χ2n) is 8.29. The smallest absolute Gasteiger partial charge is 0.323 e. The zero-order valence-electron chi connectivity index (χ0n) is 17.6. The molecule has 1 saturated carbocycles. The van der Waals surface area contributed by atoms with E-state index in [2.05, 4.69) is 10.3 Å². The molecule has 33 heavy (non-hydrogen) atoms. The van der Waals surface area contributed by atoms with Crippen LogP contribution in [0.4, 0.5) is 23.2 Å². The number of halogens is 4. The van der Waals surface area contributed by atoms with Crippen LogP contribution in [0.15, 0.2) is 65.5 Å². The first-order valence-corrected chi connectivity index (χ1v) is 10.7. The number of anilines is 1. The molecule has 172 valence electrons. The maximum atomic E-state index is 14.1. The zero-order chi connectivity index (χ0) is 23.6. The average Bonchev–Trinajstić information content (AvgIpc) is 2.80. The predicted octanol–water partition coefficient (Wildman–Crippen LogP) is 6.11. The molecular weight excluding hydrogens is 436 g/mol. The summed E-state index contributed by atoms with van der Waals surface area (Å²) in [4.78, 5) is 27.0. The molecule has 0 radical (unpaired) electrons. The maximum Gasteiger partial charge on any atom is 0.416 e. The minimum atomic E-state index is -4.65. The van der Waals surface area contributed by atoms with E-state index >= 15 is 0 Å². The van der Waals surface area contributed by atoms with Crippen molar-refractivity contribution in [1.29, 1.82) is 0 Å². The molecule has 4 rings (SSSR count). The van der Waals surface area contributed by atoms with Gasteiger partial charge in [0.1, 0.15) is 5.82 Å². The molecule has 1 heterocycles. The second-order valence-corrected chi connectivity index (χ2v) is 8.29. The number of H-pyrrole nitrogens is 1. The minimum Gasteiger partial charge on any atom is -0.323 e. The fourth-order valence-electron chi connectivity index (χ4n) is 4.31. The molecule has 2 N–H and O–H groups in total. The summed E-state index contributed by atoms with van der Waals surface area (Å²) in [5.74, 6) is -1.73. The molecule has 1 aromatic heterocycles. The number of benzene rings is 2. The van der Waals surface area contributed by atoms with Gasteiger partial charge >= 0.3 is 6.18 Å². The van der Waals surface area contributed by atoms with Crippen LogP contribution in [0.5, 0.6) is 0 Å². The van der Waals surface area contributed by atoms with Crippen LogP contribution < -0.4 is 10.9 Å². The zero-order valence-corrected chi connectivity index (χ0v) is 17.6. The number of carbonyl (C=O) groups is 1. The van der Waals surface area contributed by atoms with Crippen molar-refractivity contribution in [2.75, 3.05) is 5.32 Å². The van der Waals surface area contributed by atoms with Gasteiger partial charge in [-0.05, 0) is 60.6 Å². The van der Waals surface area contributed by atoms with Gasteiger partial charge in [0.25, 0.3) is 0 Å². The highest BCUT2D eigenvalue weighted by Gasteiger charge is 2.32. The van der Waals surface area contributed by atoms with Crippen molar-refractivity contribution in [2.45, 2.75) is 37.8 Å². The highest BCUT2D eigenvalue weighted by Crippen LogP contribution is 2.38. The van der Waals surface area contributed by atoms with E-state index < -0.39 is 23.5 Å². The summed E-state index contributed by atoms with van der Waals surface area (Å²) in [6.07, 6.45) is -1.74. The molecule has 0 saturated heterocycles. The molecule has 4 nitrogen and oxygen atoms in total. The monoisotopic (exact) mass is 458 g/mol. The number of nitrogens with one attached hydrogen (secondary N) is 2. The first-order valence-electron chi connectivity index (χ1n) is 10.7. The number of amides is 1. The predicted molar refractivity (Wildman–Crippen MR) is 117 cm³/mol. The highest BCUT2D eigenvalue weighted by molar-refractivity contribution is 5.92. The average molecular weight is 458 g/mol. The minimum absolute atomic E-state index is 0.135. The van der Waals surface area contributed by atoms with Gasteiger partial charge in [0.15, 0.2) is 0 Å². The van der Waals surface area contributed by atoms with Gasteiger partial charge in [-0.15, -0.1) is 0 Å². The molecule has 0 spiro atoms. The van der Waals surface area contributed by atoms with Gasteiger partial charge in [-0.1, -0.05) is 36.8 Å². The van der Waals surface area contributed by atoms with Crippen LogP contribution in [0.25, 0.3) is 11.3 Å². The van der Waals surface area contributed by atoms with Crippen LogP contribution in [0.2, 0.25) is 0 Å². The standard InChI is InChI=1S/C25H22F4N2O2/c26-20-14-19(25(27,28)29)11-12-22(20)31-24(33)18-4-1-3-17(13-18)15-7-9-16(10-8-15)21-5-2-6-23(32)30-21/h2,5-12,14,17-18H,1,3-4,13H2,(H,30,32)(H,31,33). The Morgan fingerprint density at radius 1 is 1.00 bits per heavy atom. The molecule has 0 bridgehead atoms. The Bertz CT molecular complexity index is 1200. The number of alkyl halides is 3. The van der Waals surface area contributed by atoms with E-state index in [9.17, 15) is 27.2 Å². The third kappa shape index (κ3) is 5.32. The van der Waals surface area contributed by atoms with Crippen molar-refractivity contribution in [3.8, 4) is 11.3 Å². The Labute approximate surface area is 187 Å². The topological polar surface area (TPSA) is 62.0 Å². The fourth-order valence-corrected chi connectivity index (χ4v) is 4.31. The number of hydrogen-bond donors (Lipinski definition) is 2. The summed E-state index contributed by atoms with van der Waals surface area (Å²) in [6, 6.07) is 14.8. The van der Waals surface area contributed by atoms with Crippen molar-refractivity contribution in [3.63, 3.8) is 0 Å². The Kier molecular flexibility index (Phi) is 6.35. The van der Waals surface area contributed by atoms with Crippen LogP contribution >= 0.6 is 0 Å². The van der Waals surface area contributed by atoms with Crippen LogP contribution in [0.1, 0.15) is 42.7 Å². The molecule has 1 aliphatic rings. The van der Waals surface area contributed by atoms with Crippen LogP contribution in [-0.4, -0.2) is 10.9 Å². The van der Waals surface area contributed by atoms with Crippen LogP contribution in [-0.2, 0) is 11.0 Å². The molecule has 1 amide bonds. The third-order valence-corrected chi connectivity index (χ3v) is 6.06. The van der Waals surface area contributed by atoms with Crippen molar-refractivity contribution in [2.24, 2.45) is 5.92 Å². The molecule has 3 aromatic rings. The van der Waals surface area contributed by atoms with Gasteiger partial charge in [0.05, 0.1) is 11.3 Å². The Morgan fingerprint density at radius 3 is 2.42 bits per heavy atom. The number of carbonyl (C=O) groups excluding carboxylic acids is 1. The van der Waals surface area contributed by atoms with Gasteiger partial charge in [-0.25, -0.2) is 4.39 Å². The van der Waals surface area contributed by atoms with Gasteiger partial charge in [0.2, 0.25) is 11.5 Å². The summed E-state index contributed by atoms with van der Waals surface area (Å²) >= 11 is 0. The summed E-state index contributed by atoms with van der Waals surface area (Å²) in [6.45, 7) is 0. The van der Waals surface area contributed by atoms with E-state index in [1.54, 1.807) is 6.07 Å². The van der Waals surface area contributed by atoms with Crippen LogP contribution in [0, 0.1) is 11.7 Å². The Morgan fingerprint density at radius 2 is 1.76 bits per heavy atom. The summed E-state index contributed by atoms with van der Waals surface area (Å²) in [5, 5.41) is 2.45. The maximum absolute atomic E-state index is 14.1. The Hall–Kier alpha value is -3.42. The first kappa shape index (κ1) is 22.8. The largest absolute Gasteiger partial charge is 0.416 e. The highest BCUT2D eigenvalue weighted by atomic mass is 19.4. The lowest BCUT2D eigenvalue weighted by atomic mass is 9.77. The molecule has 2 unspecified atom stereocenters. The van der Waals surface area contributed by atoms with Crippen molar-refractivity contribution in [1.82, 2.24) is 4.98 Å². The van der Waals surface area contributed by atoms with Gasteiger partial charge in [-0.3, -0.25) is 9.59 Å².